The van der Waals surface area contributed by atoms with Crippen LogP contribution in [0.4, 0.5) is 5.95 Å². The highest BCUT2D eigenvalue weighted by Crippen LogP contribution is 2.21. The van der Waals surface area contributed by atoms with E-state index in [1.54, 1.807) is 0 Å². The number of nitrogens with zero attached hydrogens (tertiary/aromatic N) is 2. The van der Waals surface area contributed by atoms with Gasteiger partial charge in [0, 0.05) is 13.5 Å². The minimum absolute atomic E-state index is 0.0671. The second-order valence-electron chi connectivity index (χ2n) is 8.35. The van der Waals surface area contributed by atoms with Crippen molar-refractivity contribution in [3.8, 4) is 0 Å². The SMILES string of the molecule is CCCCCCCCCCCCCCCCn1c(NC(C)=O)nc2ccccc21. The van der Waals surface area contributed by atoms with Crippen molar-refractivity contribution in [3.63, 3.8) is 0 Å². The smallest absolute Gasteiger partial charge is 0.223 e. The molecule has 0 aliphatic carbocycles. The maximum absolute atomic E-state index is 11.5. The van der Waals surface area contributed by atoms with Crippen molar-refractivity contribution >= 4 is 22.9 Å². The van der Waals surface area contributed by atoms with Crippen LogP contribution in [-0.2, 0) is 11.3 Å². The highest BCUT2D eigenvalue weighted by molar-refractivity contribution is 5.89. The molecule has 0 saturated carbocycles. The summed E-state index contributed by atoms with van der Waals surface area (Å²) in [5.74, 6) is 0.607. The summed E-state index contributed by atoms with van der Waals surface area (Å²) in [4.78, 5) is 16.0. The Bertz CT molecular complexity index is 707. The van der Waals surface area contributed by atoms with Crippen molar-refractivity contribution < 1.29 is 4.79 Å². The first-order chi connectivity index (χ1) is 14.2. The fourth-order valence-electron chi connectivity index (χ4n) is 4.02. The molecule has 162 valence electrons. The highest BCUT2D eigenvalue weighted by atomic mass is 16.1. The normalized spacial score (nSPS) is 11.2. The molecule has 1 aromatic carbocycles. The molecule has 0 atom stereocenters. The van der Waals surface area contributed by atoms with Crippen LogP contribution in [0.1, 0.15) is 104 Å². The van der Waals surface area contributed by atoms with E-state index in [1.807, 2.05) is 18.2 Å². The molecule has 4 nitrogen and oxygen atoms in total. The lowest BCUT2D eigenvalue weighted by Crippen LogP contribution is -2.12. The summed E-state index contributed by atoms with van der Waals surface area (Å²) in [7, 11) is 0. The van der Waals surface area contributed by atoms with Gasteiger partial charge in [-0.1, -0.05) is 103 Å². The lowest BCUT2D eigenvalue weighted by Gasteiger charge is -2.09. The summed E-state index contributed by atoms with van der Waals surface area (Å²) < 4.78 is 2.15. The third kappa shape index (κ3) is 9.01. The number of carbonyl (C=O) groups excluding carboxylic acids is 1. The first-order valence-electron chi connectivity index (χ1n) is 11.9. The first kappa shape index (κ1) is 23.4. The molecule has 2 rings (SSSR count). The van der Waals surface area contributed by atoms with Crippen LogP contribution in [0.15, 0.2) is 24.3 Å². The number of hydrogen-bond acceptors (Lipinski definition) is 2. The van der Waals surface area contributed by atoms with Crippen LogP contribution in [0.3, 0.4) is 0 Å². The van der Waals surface area contributed by atoms with Crippen LogP contribution in [0.2, 0.25) is 0 Å². The third-order valence-electron chi connectivity index (χ3n) is 5.68. The molecular formula is C25H41N3O. The fraction of sp³-hybridized carbons (Fsp3) is 0.680. The van der Waals surface area contributed by atoms with Crippen molar-refractivity contribution in [2.75, 3.05) is 5.32 Å². The number of nitrogens with one attached hydrogen (secondary N) is 1. The average Bonchev–Trinajstić information content (AvgIpc) is 3.04. The maximum Gasteiger partial charge on any atom is 0.223 e. The van der Waals surface area contributed by atoms with Crippen molar-refractivity contribution in [3.05, 3.63) is 24.3 Å². The number of fused-ring (bicyclic) bond motifs is 1. The van der Waals surface area contributed by atoms with Crippen LogP contribution in [-0.4, -0.2) is 15.5 Å². The Morgan fingerprint density at radius 1 is 0.828 bits per heavy atom. The molecule has 0 fully saturated rings. The van der Waals surface area contributed by atoms with E-state index in [4.69, 9.17) is 0 Å². The van der Waals surface area contributed by atoms with Gasteiger partial charge in [0.05, 0.1) is 11.0 Å². The van der Waals surface area contributed by atoms with Gasteiger partial charge in [0.15, 0.2) is 0 Å². The molecule has 0 unspecified atom stereocenters. The number of carbonyl (C=O) groups is 1. The van der Waals surface area contributed by atoms with E-state index in [1.165, 1.54) is 90.4 Å². The van der Waals surface area contributed by atoms with E-state index in [0.29, 0.717) is 5.95 Å². The molecule has 0 aliphatic rings. The van der Waals surface area contributed by atoms with Gasteiger partial charge in [0.1, 0.15) is 0 Å². The number of anilines is 1. The number of amides is 1. The standard InChI is InChI=1S/C25H41N3O/c1-3-4-5-6-7-8-9-10-11-12-13-14-15-18-21-28-24-20-17-16-19-23(24)27-25(28)26-22(2)29/h16-17,19-20H,3-15,18,21H2,1-2H3,(H,26,27,29). The quantitative estimate of drug-likeness (QED) is 0.297. The van der Waals surface area contributed by atoms with E-state index in [2.05, 4.69) is 27.9 Å². The molecule has 29 heavy (non-hydrogen) atoms. The van der Waals surface area contributed by atoms with Gasteiger partial charge in [-0.05, 0) is 18.6 Å². The van der Waals surface area contributed by atoms with Crippen LogP contribution in [0.5, 0.6) is 0 Å². The Labute approximate surface area is 177 Å². The van der Waals surface area contributed by atoms with Gasteiger partial charge in [-0.25, -0.2) is 4.98 Å². The molecule has 0 saturated heterocycles. The molecule has 4 heteroatoms. The Hall–Kier alpha value is -1.84. The zero-order chi connectivity index (χ0) is 20.7. The zero-order valence-electron chi connectivity index (χ0n) is 18.7. The Kier molecular flexibility index (Phi) is 11.5. The molecule has 0 aliphatic heterocycles. The number of imidazole rings is 1. The molecule has 0 spiro atoms. The highest BCUT2D eigenvalue weighted by Gasteiger charge is 2.10. The average molecular weight is 400 g/mol. The monoisotopic (exact) mass is 399 g/mol. The number of benzene rings is 1. The predicted molar refractivity (Wildman–Crippen MR) is 124 cm³/mol. The first-order valence-corrected chi connectivity index (χ1v) is 11.9. The lowest BCUT2D eigenvalue weighted by molar-refractivity contribution is -0.114. The van der Waals surface area contributed by atoms with E-state index < -0.39 is 0 Å². The summed E-state index contributed by atoms with van der Waals surface area (Å²) in [5, 5.41) is 2.88. The van der Waals surface area contributed by atoms with Gasteiger partial charge >= 0.3 is 0 Å². The molecule has 0 radical (unpaired) electrons. The van der Waals surface area contributed by atoms with Gasteiger partial charge in [-0.2, -0.15) is 0 Å². The fourth-order valence-corrected chi connectivity index (χ4v) is 4.02. The molecule has 1 amide bonds. The Morgan fingerprint density at radius 2 is 1.34 bits per heavy atom. The van der Waals surface area contributed by atoms with E-state index in [0.717, 1.165) is 24.0 Å². The van der Waals surface area contributed by atoms with Crippen LogP contribution >= 0.6 is 0 Å². The van der Waals surface area contributed by atoms with E-state index >= 15 is 0 Å². The number of unbranched alkanes of at least 4 members (excludes halogenated alkanes) is 13. The summed E-state index contributed by atoms with van der Waals surface area (Å²) in [6, 6.07) is 8.10. The largest absolute Gasteiger partial charge is 0.310 e. The summed E-state index contributed by atoms with van der Waals surface area (Å²) in [6.45, 7) is 4.73. The molecule has 0 bridgehead atoms. The second-order valence-corrected chi connectivity index (χ2v) is 8.35. The van der Waals surface area contributed by atoms with Crippen molar-refractivity contribution in [1.29, 1.82) is 0 Å². The van der Waals surface area contributed by atoms with Crippen molar-refractivity contribution in [1.82, 2.24) is 9.55 Å². The summed E-state index contributed by atoms with van der Waals surface area (Å²) >= 11 is 0. The summed E-state index contributed by atoms with van der Waals surface area (Å²) in [6.07, 6.45) is 19.1. The van der Waals surface area contributed by atoms with Gasteiger partial charge < -0.3 is 4.57 Å². The number of aromatic nitrogens is 2. The van der Waals surface area contributed by atoms with Crippen molar-refractivity contribution in [2.45, 2.75) is 110 Å². The minimum Gasteiger partial charge on any atom is -0.310 e. The Balaban J connectivity index is 1.55. The molecular weight excluding hydrogens is 358 g/mol. The predicted octanol–water partition coefficient (Wildman–Crippen LogP) is 7.48. The molecule has 2 aromatic rings. The van der Waals surface area contributed by atoms with Crippen LogP contribution in [0, 0.1) is 0 Å². The molecule has 1 aromatic heterocycles. The van der Waals surface area contributed by atoms with Gasteiger partial charge in [-0.15, -0.1) is 0 Å². The number of hydrogen-bond donors (Lipinski definition) is 1. The minimum atomic E-state index is -0.0671. The lowest BCUT2D eigenvalue weighted by atomic mass is 10.0. The van der Waals surface area contributed by atoms with Gasteiger partial charge in [0.2, 0.25) is 11.9 Å². The van der Waals surface area contributed by atoms with E-state index in [9.17, 15) is 4.79 Å². The molecule has 1 heterocycles. The maximum atomic E-state index is 11.5. The van der Waals surface area contributed by atoms with Crippen LogP contribution < -0.4 is 5.32 Å². The third-order valence-corrected chi connectivity index (χ3v) is 5.68. The topological polar surface area (TPSA) is 46.9 Å². The second kappa shape index (κ2) is 14.2. The van der Waals surface area contributed by atoms with Gasteiger partial charge in [0.25, 0.3) is 0 Å². The number of rotatable bonds is 16. The Morgan fingerprint density at radius 3 is 1.90 bits per heavy atom. The number of para-hydroxylation sites is 2. The van der Waals surface area contributed by atoms with Crippen LogP contribution in [0.25, 0.3) is 11.0 Å². The van der Waals surface area contributed by atoms with Gasteiger partial charge in [-0.3, -0.25) is 10.1 Å². The van der Waals surface area contributed by atoms with Crippen molar-refractivity contribution in [2.24, 2.45) is 0 Å². The van der Waals surface area contributed by atoms with E-state index in [-0.39, 0.29) is 5.91 Å². The summed E-state index contributed by atoms with van der Waals surface area (Å²) in [5.41, 5.74) is 2.05. The number of aryl methyl sites for hydroxylation is 1. The zero-order valence-corrected chi connectivity index (χ0v) is 18.7. The molecule has 1 N–H and O–H groups in total.